The van der Waals surface area contributed by atoms with Crippen molar-refractivity contribution >= 4 is 11.9 Å². The first-order valence-corrected chi connectivity index (χ1v) is 6.54. The minimum atomic E-state index is -0.467. The van der Waals surface area contributed by atoms with Crippen LogP contribution in [0.1, 0.15) is 24.4 Å². The number of imide groups is 1. The summed E-state index contributed by atoms with van der Waals surface area (Å²) in [7, 11) is 1.50. The Morgan fingerprint density at radius 2 is 1.79 bits per heavy atom. The van der Waals surface area contributed by atoms with Crippen LogP contribution in [-0.2, 0) is 4.79 Å². The Morgan fingerprint density at radius 3 is 2.37 bits per heavy atom. The van der Waals surface area contributed by atoms with Crippen molar-refractivity contribution < 1.29 is 9.59 Å². The van der Waals surface area contributed by atoms with Crippen molar-refractivity contribution in [1.82, 2.24) is 15.5 Å². The molecule has 2 N–H and O–H groups in total. The zero-order valence-electron chi connectivity index (χ0n) is 11.1. The first-order chi connectivity index (χ1) is 9.22. The topological polar surface area (TPSA) is 61.4 Å². The Balaban J connectivity index is 2.19. The lowest BCUT2D eigenvalue weighted by molar-refractivity contribution is -0.125. The number of nitrogens with zero attached hydrogens (tertiary/aromatic N) is 1. The minimum Gasteiger partial charge on any atom is -0.341 e. The molecule has 3 amide bonds. The summed E-state index contributed by atoms with van der Waals surface area (Å²) < 4.78 is 0. The van der Waals surface area contributed by atoms with Crippen molar-refractivity contribution in [1.29, 1.82) is 0 Å². The van der Waals surface area contributed by atoms with E-state index >= 15 is 0 Å². The van der Waals surface area contributed by atoms with Gasteiger partial charge in [0.2, 0.25) is 5.91 Å². The van der Waals surface area contributed by atoms with Crippen LogP contribution in [0.25, 0.3) is 0 Å². The van der Waals surface area contributed by atoms with Gasteiger partial charge in [-0.25, -0.2) is 4.79 Å². The smallest absolute Gasteiger partial charge is 0.321 e. The van der Waals surface area contributed by atoms with Crippen molar-refractivity contribution in [3.8, 4) is 0 Å². The molecule has 1 saturated heterocycles. The van der Waals surface area contributed by atoms with Crippen LogP contribution < -0.4 is 10.6 Å². The second kappa shape index (κ2) is 6.33. The van der Waals surface area contributed by atoms with Gasteiger partial charge in [-0.3, -0.25) is 15.0 Å². The van der Waals surface area contributed by atoms with Crippen LogP contribution in [0.15, 0.2) is 30.3 Å². The number of hydrogen-bond donors (Lipinski definition) is 2. The zero-order chi connectivity index (χ0) is 13.7. The van der Waals surface area contributed by atoms with E-state index in [0.29, 0.717) is 0 Å². The molecule has 0 aliphatic carbocycles. The van der Waals surface area contributed by atoms with Gasteiger partial charge in [-0.2, -0.15) is 0 Å². The highest BCUT2D eigenvalue weighted by molar-refractivity contribution is 5.97. The van der Waals surface area contributed by atoms with E-state index in [2.05, 4.69) is 15.5 Å². The number of nitrogens with one attached hydrogen (secondary N) is 2. The van der Waals surface area contributed by atoms with E-state index in [4.69, 9.17) is 0 Å². The average molecular weight is 261 g/mol. The third kappa shape index (κ3) is 3.32. The summed E-state index contributed by atoms with van der Waals surface area (Å²) in [6, 6.07) is 8.73. The van der Waals surface area contributed by atoms with Gasteiger partial charge in [-0.15, -0.1) is 0 Å². The van der Waals surface area contributed by atoms with E-state index in [9.17, 15) is 9.59 Å². The monoisotopic (exact) mass is 261 g/mol. The highest BCUT2D eigenvalue weighted by Gasteiger charge is 2.30. The van der Waals surface area contributed by atoms with Crippen molar-refractivity contribution in [3.63, 3.8) is 0 Å². The van der Waals surface area contributed by atoms with E-state index in [1.54, 1.807) is 0 Å². The van der Waals surface area contributed by atoms with Gasteiger partial charge in [0.15, 0.2) is 0 Å². The lowest BCUT2D eigenvalue weighted by Crippen LogP contribution is -2.44. The van der Waals surface area contributed by atoms with Gasteiger partial charge in [0.25, 0.3) is 0 Å². The molecule has 5 heteroatoms. The first kappa shape index (κ1) is 13.5. The number of benzene rings is 1. The van der Waals surface area contributed by atoms with E-state index < -0.39 is 6.03 Å². The van der Waals surface area contributed by atoms with Gasteiger partial charge in [0.1, 0.15) is 6.04 Å². The Bertz CT molecular complexity index is 441. The van der Waals surface area contributed by atoms with E-state index in [-0.39, 0.29) is 11.9 Å². The normalized spacial score (nSPS) is 16.9. The molecule has 1 aliphatic rings. The molecule has 1 atom stereocenters. The van der Waals surface area contributed by atoms with Gasteiger partial charge in [-0.1, -0.05) is 30.3 Å². The Kier molecular flexibility index (Phi) is 4.52. The van der Waals surface area contributed by atoms with Gasteiger partial charge >= 0.3 is 6.03 Å². The summed E-state index contributed by atoms with van der Waals surface area (Å²) >= 11 is 0. The molecule has 0 aromatic heterocycles. The number of carbonyl (C=O) groups excluding carboxylic acids is 2. The second-order valence-corrected chi connectivity index (χ2v) is 4.62. The maximum atomic E-state index is 12.3. The number of urea groups is 1. The largest absolute Gasteiger partial charge is 0.341 e. The number of amides is 3. The third-order valence-electron chi connectivity index (χ3n) is 3.33. The quantitative estimate of drug-likeness (QED) is 0.861. The Hall–Kier alpha value is -1.88. The van der Waals surface area contributed by atoms with Crippen LogP contribution in [0.3, 0.4) is 0 Å². The molecule has 19 heavy (non-hydrogen) atoms. The van der Waals surface area contributed by atoms with Crippen LogP contribution >= 0.6 is 0 Å². The van der Waals surface area contributed by atoms with Gasteiger partial charge in [0, 0.05) is 7.05 Å². The fourth-order valence-corrected chi connectivity index (χ4v) is 2.41. The van der Waals surface area contributed by atoms with Crippen LogP contribution in [0, 0.1) is 0 Å². The molecule has 1 heterocycles. The standard InChI is InChI=1S/C14H19N3O2/c1-15-14(19)16-13(18)12(17-9-5-6-10-17)11-7-3-2-4-8-11/h2-4,7-8,12H,5-6,9-10H2,1H3,(H2,15,16,18,19)/t12-/m0/s1. The molecule has 1 fully saturated rings. The third-order valence-corrected chi connectivity index (χ3v) is 3.33. The molecule has 1 aliphatic heterocycles. The maximum absolute atomic E-state index is 12.3. The average Bonchev–Trinajstić information content (AvgIpc) is 2.94. The fourth-order valence-electron chi connectivity index (χ4n) is 2.41. The first-order valence-electron chi connectivity index (χ1n) is 6.54. The molecular formula is C14H19N3O2. The molecule has 0 radical (unpaired) electrons. The van der Waals surface area contributed by atoms with E-state index in [0.717, 1.165) is 31.5 Å². The van der Waals surface area contributed by atoms with Crippen molar-refractivity contribution in [3.05, 3.63) is 35.9 Å². The van der Waals surface area contributed by atoms with E-state index in [1.165, 1.54) is 7.05 Å². The number of carbonyl (C=O) groups is 2. The molecule has 0 unspecified atom stereocenters. The van der Waals surface area contributed by atoms with Gasteiger partial charge < -0.3 is 5.32 Å². The summed E-state index contributed by atoms with van der Waals surface area (Å²) in [4.78, 5) is 25.7. The molecule has 1 aromatic rings. The van der Waals surface area contributed by atoms with Crippen LogP contribution in [0.4, 0.5) is 4.79 Å². The summed E-state index contributed by atoms with van der Waals surface area (Å²) in [5.41, 5.74) is 0.922. The Labute approximate surface area is 113 Å². The summed E-state index contributed by atoms with van der Waals surface area (Å²) in [6.45, 7) is 1.78. The summed E-state index contributed by atoms with van der Waals surface area (Å²) in [5.74, 6) is -0.271. The highest BCUT2D eigenvalue weighted by Crippen LogP contribution is 2.25. The molecule has 5 nitrogen and oxygen atoms in total. The minimum absolute atomic E-state index is 0.271. The number of likely N-dealkylation sites (tertiary alicyclic amines) is 1. The van der Waals surface area contributed by atoms with Crippen molar-refractivity contribution in [2.24, 2.45) is 0 Å². The number of rotatable bonds is 3. The van der Waals surface area contributed by atoms with Crippen molar-refractivity contribution in [2.45, 2.75) is 18.9 Å². The highest BCUT2D eigenvalue weighted by atomic mass is 16.2. The summed E-state index contributed by atoms with van der Waals surface area (Å²) in [6.07, 6.45) is 2.19. The Morgan fingerprint density at radius 1 is 1.16 bits per heavy atom. The number of hydrogen-bond acceptors (Lipinski definition) is 3. The lowest BCUT2D eigenvalue weighted by atomic mass is 10.0. The molecule has 102 valence electrons. The van der Waals surface area contributed by atoms with Crippen molar-refractivity contribution in [2.75, 3.05) is 20.1 Å². The fraction of sp³-hybridized carbons (Fsp3) is 0.429. The molecule has 0 saturated carbocycles. The predicted octanol–water partition coefficient (Wildman–Crippen LogP) is 1.28. The van der Waals surface area contributed by atoms with E-state index in [1.807, 2.05) is 30.3 Å². The van der Waals surface area contributed by atoms with Crippen LogP contribution in [0.2, 0.25) is 0 Å². The maximum Gasteiger partial charge on any atom is 0.321 e. The molecule has 2 rings (SSSR count). The van der Waals surface area contributed by atoms with Crippen LogP contribution in [0.5, 0.6) is 0 Å². The molecule has 0 bridgehead atoms. The summed E-state index contributed by atoms with van der Waals surface area (Å²) in [5, 5.41) is 4.78. The second-order valence-electron chi connectivity index (χ2n) is 4.62. The molecule has 1 aromatic carbocycles. The SMILES string of the molecule is CNC(=O)NC(=O)[C@H](c1ccccc1)N1CCCC1. The van der Waals surface area contributed by atoms with Gasteiger partial charge in [-0.05, 0) is 31.5 Å². The lowest BCUT2D eigenvalue weighted by Gasteiger charge is -2.26. The zero-order valence-corrected chi connectivity index (χ0v) is 11.1. The predicted molar refractivity (Wildman–Crippen MR) is 72.6 cm³/mol. The van der Waals surface area contributed by atoms with Gasteiger partial charge in [0.05, 0.1) is 0 Å². The molecule has 0 spiro atoms. The molecular weight excluding hydrogens is 242 g/mol. The van der Waals surface area contributed by atoms with Crippen LogP contribution in [-0.4, -0.2) is 37.0 Å².